The van der Waals surface area contributed by atoms with E-state index in [0.29, 0.717) is 0 Å². The lowest BCUT2D eigenvalue weighted by atomic mass is 10.1. The molecular weight excluding hydrogens is 372 g/mol. The van der Waals surface area contributed by atoms with Crippen LogP contribution in [0.3, 0.4) is 0 Å². The van der Waals surface area contributed by atoms with Crippen molar-refractivity contribution in [3.05, 3.63) is 58.6 Å². The summed E-state index contributed by atoms with van der Waals surface area (Å²) in [4.78, 5) is 12.3. The van der Waals surface area contributed by atoms with E-state index in [0.717, 1.165) is 18.2 Å². The van der Waals surface area contributed by atoms with Crippen molar-refractivity contribution < 1.29 is 13.2 Å². The number of hydrogen-bond acceptors (Lipinski definition) is 4. The summed E-state index contributed by atoms with van der Waals surface area (Å²) in [5, 5.41) is 6.08. The van der Waals surface area contributed by atoms with E-state index in [2.05, 4.69) is 29.7 Å². The van der Waals surface area contributed by atoms with Gasteiger partial charge in [-0.25, -0.2) is 8.42 Å². The molecule has 0 fully saturated rings. The summed E-state index contributed by atoms with van der Waals surface area (Å²) in [7, 11) is -3.37. The number of carbonyl (C=O) groups is 1. The van der Waals surface area contributed by atoms with Crippen molar-refractivity contribution in [2.45, 2.75) is 31.2 Å². The first-order chi connectivity index (χ1) is 12.2. The van der Waals surface area contributed by atoms with Crippen molar-refractivity contribution in [3.63, 3.8) is 0 Å². The smallest absolute Gasteiger partial charge is 0.238 e. The number of rotatable bonds is 7. The van der Waals surface area contributed by atoms with Crippen molar-refractivity contribution in [3.8, 4) is 0 Å². The van der Waals surface area contributed by atoms with Crippen LogP contribution in [0.1, 0.15) is 31.0 Å². The third-order valence-electron chi connectivity index (χ3n) is 4.10. The fourth-order valence-electron chi connectivity index (χ4n) is 2.43. The maximum atomic E-state index is 12.2. The lowest BCUT2D eigenvalue weighted by molar-refractivity contribution is -0.115. The molecule has 1 atom stereocenters. The van der Waals surface area contributed by atoms with E-state index in [1.165, 1.54) is 23.8 Å². The lowest BCUT2D eigenvalue weighted by Crippen LogP contribution is -2.30. The number of halogens is 1. The summed E-state index contributed by atoms with van der Waals surface area (Å²) in [5.74, 6) is -0.297. The molecule has 0 heterocycles. The lowest BCUT2D eigenvalue weighted by Gasteiger charge is -2.15. The molecule has 2 aromatic rings. The molecule has 0 spiro atoms. The van der Waals surface area contributed by atoms with Gasteiger partial charge in [-0.15, -0.1) is 0 Å². The third-order valence-corrected chi connectivity index (χ3v) is 5.54. The standard InChI is InChI=1S/C19H23ClN2O3S/c1-4-14-5-7-15(8-6-14)13(2)21-12-19(23)22-18-11-16(26(3,24)25)9-10-17(18)20/h5-11,13,21H,4,12H2,1-3H3,(H,22,23). The van der Waals surface area contributed by atoms with E-state index in [9.17, 15) is 13.2 Å². The minimum atomic E-state index is -3.37. The van der Waals surface area contributed by atoms with Gasteiger partial charge >= 0.3 is 0 Å². The zero-order chi connectivity index (χ0) is 19.3. The largest absolute Gasteiger partial charge is 0.324 e. The summed E-state index contributed by atoms with van der Waals surface area (Å²) in [6.45, 7) is 4.16. The molecule has 0 radical (unpaired) electrons. The van der Waals surface area contributed by atoms with Gasteiger partial charge in [0.05, 0.1) is 22.2 Å². The van der Waals surface area contributed by atoms with Crippen LogP contribution in [0.4, 0.5) is 5.69 Å². The van der Waals surface area contributed by atoms with Crippen LogP contribution in [-0.4, -0.2) is 27.1 Å². The third kappa shape index (κ3) is 5.56. The highest BCUT2D eigenvalue weighted by Gasteiger charge is 2.13. The Balaban J connectivity index is 1.98. The van der Waals surface area contributed by atoms with Gasteiger partial charge in [-0.1, -0.05) is 42.8 Å². The van der Waals surface area contributed by atoms with Crippen molar-refractivity contribution in [2.24, 2.45) is 0 Å². The maximum absolute atomic E-state index is 12.2. The number of nitrogens with one attached hydrogen (secondary N) is 2. The molecule has 0 saturated carbocycles. The number of sulfone groups is 1. The molecule has 0 aliphatic heterocycles. The molecule has 0 aliphatic carbocycles. The van der Waals surface area contributed by atoms with Crippen molar-refractivity contribution in [1.29, 1.82) is 0 Å². The Morgan fingerprint density at radius 1 is 1.15 bits per heavy atom. The quantitative estimate of drug-likeness (QED) is 0.752. The van der Waals surface area contributed by atoms with E-state index in [1.54, 1.807) is 0 Å². The second-order valence-corrected chi connectivity index (χ2v) is 8.58. The summed E-state index contributed by atoms with van der Waals surface area (Å²) in [6, 6.07) is 12.5. The van der Waals surface area contributed by atoms with Crippen LogP contribution in [-0.2, 0) is 21.1 Å². The number of anilines is 1. The summed E-state index contributed by atoms with van der Waals surface area (Å²) >= 11 is 6.05. The highest BCUT2D eigenvalue weighted by molar-refractivity contribution is 7.90. The zero-order valence-electron chi connectivity index (χ0n) is 15.0. The Hall–Kier alpha value is -1.89. The average Bonchev–Trinajstić information content (AvgIpc) is 2.60. The fraction of sp³-hybridized carbons (Fsp3) is 0.316. The normalized spacial score (nSPS) is 12.6. The van der Waals surface area contributed by atoms with Gasteiger partial charge in [0.15, 0.2) is 9.84 Å². The van der Waals surface area contributed by atoms with E-state index in [-0.39, 0.29) is 34.1 Å². The van der Waals surface area contributed by atoms with Crippen molar-refractivity contribution >= 4 is 33.0 Å². The van der Waals surface area contributed by atoms with Crippen LogP contribution in [0.2, 0.25) is 5.02 Å². The second-order valence-electron chi connectivity index (χ2n) is 6.16. The van der Waals surface area contributed by atoms with E-state index >= 15 is 0 Å². The molecule has 140 valence electrons. The van der Waals surface area contributed by atoms with Gasteiger partial charge < -0.3 is 10.6 Å². The highest BCUT2D eigenvalue weighted by Crippen LogP contribution is 2.25. The summed E-state index contributed by atoms with van der Waals surface area (Å²) in [6.07, 6.45) is 2.09. The minimum Gasteiger partial charge on any atom is -0.324 e. The van der Waals surface area contributed by atoms with E-state index in [4.69, 9.17) is 11.6 Å². The van der Waals surface area contributed by atoms with Crippen molar-refractivity contribution in [2.75, 3.05) is 18.1 Å². The Labute approximate surface area is 159 Å². The number of benzene rings is 2. The molecule has 0 bridgehead atoms. The Morgan fingerprint density at radius 2 is 1.81 bits per heavy atom. The molecule has 5 nitrogen and oxygen atoms in total. The topological polar surface area (TPSA) is 75.3 Å². The SMILES string of the molecule is CCc1ccc(C(C)NCC(=O)Nc2cc(S(C)(=O)=O)ccc2Cl)cc1. The van der Waals surface area contributed by atoms with E-state index in [1.807, 2.05) is 19.1 Å². The predicted molar refractivity (Wildman–Crippen MR) is 105 cm³/mol. The minimum absolute atomic E-state index is 0.00415. The van der Waals surface area contributed by atoms with Crippen LogP contribution in [0.15, 0.2) is 47.4 Å². The molecule has 7 heteroatoms. The summed E-state index contributed by atoms with van der Waals surface area (Å²) < 4.78 is 23.3. The average molecular weight is 395 g/mol. The van der Waals surface area contributed by atoms with Gasteiger partial charge in [0, 0.05) is 12.3 Å². The molecule has 1 unspecified atom stereocenters. The van der Waals surface area contributed by atoms with Crippen LogP contribution >= 0.6 is 11.6 Å². The first-order valence-corrected chi connectivity index (χ1v) is 10.6. The van der Waals surface area contributed by atoms with Gasteiger partial charge in [-0.05, 0) is 42.7 Å². The van der Waals surface area contributed by atoms with Crippen LogP contribution < -0.4 is 10.6 Å². The van der Waals surface area contributed by atoms with Crippen LogP contribution in [0.25, 0.3) is 0 Å². The van der Waals surface area contributed by atoms with Gasteiger partial charge in [-0.3, -0.25) is 4.79 Å². The van der Waals surface area contributed by atoms with Gasteiger partial charge in [0.25, 0.3) is 0 Å². The molecule has 0 aliphatic rings. The number of amides is 1. The summed E-state index contributed by atoms with van der Waals surface area (Å²) in [5.41, 5.74) is 2.63. The molecular formula is C19H23ClN2O3S. The zero-order valence-corrected chi connectivity index (χ0v) is 16.6. The van der Waals surface area contributed by atoms with Gasteiger partial charge in [-0.2, -0.15) is 0 Å². The van der Waals surface area contributed by atoms with E-state index < -0.39 is 9.84 Å². The Morgan fingerprint density at radius 3 is 2.38 bits per heavy atom. The molecule has 2 rings (SSSR count). The Kier molecular flexibility index (Phi) is 6.81. The van der Waals surface area contributed by atoms with Gasteiger partial charge in [0.2, 0.25) is 5.91 Å². The van der Waals surface area contributed by atoms with Crippen LogP contribution in [0.5, 0.6) is 0 Å². The molecule has 1 amide bonds. The second kappa shape index (κ2) is 8.66. The number of hydrogen-bond donors (Lipinski definition) is 2. The number of carbonyl (C=O) groups excluding carboxylic acids is 1. The van der Waals surface area contributed by atoms with Gasteiger partial charge in [0.1, 0.15) is 0 Å². The Bertz CT molecular complexity index is 880. The monoisotopic (exact) mass is 394 g/mol. The fourth-order valence-corrected chi connectivity index (χ4v) is 3.24. The first-order valence-electron chi connectivity index (χ1n) is 8.32. The first kappa shape index (κ1) is 20.4. The maximum Gasteiger partial charge on any atom is 0.238 e. The molecule has 2 aromatic carbocycles. The number of aryl methyl sites for hydroxylation is 1. The predicted octanol–water partition coefficient (Wildman–Crippen LogP) is 3.60. The molecule has 2 N–H and O–H groups in total. The molecule has 26 heavy (non-hydrogen) atoms. The van der Waals surface area contributed by atoms with Crippen LogP contribution in [0, 0.1) is 0 Å². The molecule has 0 saturated heterocycles. The molecule has 0 aromatic heterocycles. The van der Waals surface area contributed by atoms with Crippen molar-refractivity contribution in [1.82, 2.24) is 5.32 Å². The highest BCUT2D eigenvalue weighted by atomic mass is 35.5.